The molecule has 5 nitrogen and oxygen atoms in total. The van der Waals surface area contributed by atoms with Gasteiger partial charge in [0.25, 0.3) is 0 Å². The smallest absolute Gasteiger partial charge is 0.225 e. The second kappa shape index (κ2) is 7.56. The van der Waals surface area contributed by atoms with Crippen LogP contribution in [0.1, 0.15) is 30.9 Å². The number of anilines is 1. The molecule has 1 rings (SSSR count). The average Bonchev–Trinajstić information content (AvgIpc) is 2.38. The van der Waals surface area contributed by atoms with Gasteiger partial charge in [0.05, 0.1) is 6.26 Å². The van der Waals surface area contributed by atoms with Crippen molar-refractivity contribution in [1.82, 2.24) is 4.31 Å². The van der Waals surface area contributed by atoms with Gasteiger partial charge in [-0.25, -0.2) is 12.7 Å². The Hall–Kier alpha value is -1.40. The van der Waals surface area contributed by atoms with Gasteiger partial charge in [-0.15, -0.1) is 0 Å². The molecule has 1 N–H and O–H groups in total. The first-order valence-electron chi connectivity index (χ1n) is 7.07. The van der Waals surface area contributed by atoms with Gasteiger partial charge in [0.2, 0.25) is 15.9 Å². The van der Waals surface area contributed by atoms with Gasteiger partial charge in [-0.3, -0.25) is 4.79 Å². The number of amides is 1. The van der Waals surface area contributed by atoms with Crippen molar-refractivity contribution in [2.75, 3.05) is 24.7 Å². The number of carbonyl (C=O) groups is 1. The van der Waals surface area contributed by atoms with Crippen LogP contribution in [-0.2, 0) is 14.8 Å². The third kappa shape index (κ3) is 5.47. The molecule has 21 heavy (non-hydrogen) atoms. The highest BCUT2D eigenvalue weighted by molar-refractivity contribution is 7.88. The second-order valence-electron chi connectivity index (χ2n) is 5.21. The van der Waals surface area contributed by atoms with Crippen molar-refractivity contribution in [3.05, 3.63) is 29.3 Å². The third-order valence-electron chi connectivity index (χ3n) is 3.41. The number of hydrogen-bond donors (Lipinski definition) is 1. The molecule has 0 heterocycles. The summed E-state index contributed by atoms with van der Waals surface area (Å²) in [4.78, 5) is 12.0. The van der Waals surface area contributed by atoms with Crippen molar-refractivity contribution in [1.29, 1.82) is 0 Å². The molecule has 0 atom stereocenters. The molecular formula is C15H24N2O3S. The lowest BCUT2D eigenvalue weighted by atomic mass is 10.1. The van der Waals surface area contributed by atoms with Crippen LogP contribution in [0, 0.1) is 13.8 Å². The highest BCUT2D eigenvalue weighted by Crippen LogP contribution is 2.18. The molecule has 1 aromatic rings. The Morgan fingerprint density at radius 3 is 2.48 bits per heavy atom. The Labute approximate surface area is 127 Å². The van der Waals surface area contributed by atoms with E-state index in [0.29, 0.717) is 6.54 Å². The molecule has 0 radical (unpaired) electrons. The molecule has 0 aliphatic rings. The van der Waals surface area contributed by atoms with Crippen LogP contribution in [0.3, 0.4) is 0 Å². The maximum atomic E-state index is 12.0. The van der Waals surface area contributed by atoms with Crippen LogP contribution in [0.25, 0.3) is 0 Å². The van der Waals surface area contributed by atoms with E-state index in [2.05, 4.69) is 5.32 Å². The fraction of sp³-hybridized carbons (Fsp3) is 0.533. The number of carbonyl (C=O) groups excluding carboxylic acids is 1. The summed E-state index contributed by atoms with van der Waals surface area (Å²) in [6.07, 6.45) is 2.05. The van der Waals surface area contributed by atoms with Gasteiger partial charge in [0.1, 0.15) is 0 Å². The van der Waals surface area contributed by atoms with Gasteiger partial charge in [0, 0.05) is 25.2 Å². The Kier molecular flexibility index (Phi) is 6.36. The predicted octanol–water partition coefficient (Wildman–Crippen LogP) is 2.30. The minimum absolute atomic E-state index is 0.153. The van der Waals surface area contributed by atoms with Gasteiger partial charge in [-0.05, 0) is 37.5 Å². The summed E-state index contributed by atoms with van der Waals surface area (Å²) in [5.74, 6) is -0.173. The lowest BCUT2D eigenvalue weighted by Gasteiger charge is -2.19. The van der Waals surface area contributed by atoms with Crippen LogP contribution in [0.2, 0.25) is 0 Å². The first-order valence-corrected chi connectivity index (χ1v) is 8.91. The summed E-state index contributed by atoms with van der Waals surface area (Å²) in [6, 6.07) is 5.72. The van der Waals surface area contributed by atoms with Crippen LogP contribution in [-0.4, -0.2) is 38.0 Å². The number of nitrogens with zero attached hydrogens (tertiary/aromatic N) is 1. The molecule has 0 saturated heterocycles. The molecule has 0 bridgehead atoms. The van der Waals surface area contributed by atoms with Crippen molar-refractivity contribution in [3.63, 3.8) is 0 Å². The number of hydrogen-bond acceptors (Lipinski definition) is 3. The third-order valence-corrected chi connectivity index (χ3v) is 4.71. The van der Waals surface area contributed by atoms with E-state index in [0.717, 1.165) is 23.2 Å². The SMILES string of the molecule is CCCN(CCC(=O)Nc1cccc(C)c1C)S(C)(=O)=O. The zero-order chi connectivity index (χ0) is 16.0. The standard InChI is InChI=1S/C15H24N2O3S/c1-5-10-17(21(4,19)20)11-9-15(18)16-14-8-6-7-12(2)13(14)3/h6-8H,5,9-11H2,1-4H3,(H,16,18). The maximum absolute atomic E-state index is 12.0. The molecule has 0 aliphatic carbocycles. The number of rotatable bonds is 7. The minimum Gasteiger partial charge on any atom is -0.326 e. The van der Waals surface area contributed by atoms with Gasteiger partial charge in [0.15, 0.2) is 0 Å². The Morgan fingerprint density at radius 2 is 1.90 bits per heavy atom. The largest absolute Gasteiger partial charge is 0.326 e. The zero-order valence-electron chi connectivity index (χ0n) is 13.1. The summed E-state index contributed by atoms with van der Waals surface area (Å²) in [6.45, 7) is 6.50. The first-order chi connectivity index (χ1) is 9.75. The van der Waals surface area contributed by atoms with E-state index < -0.39 is 10.0 Å². The van der Waals surface area contributed by atoms with Crippen LogP contribution in [0.5, 0.6) is 0 Å². The van der Waals surface area contributed by atoms with Crippen LogP contribution in [0.4, 0.5) is 5.69 Å². The predicted molar refractivity (Wildman–Crippen MR) is 85.9 cm³/mol. The molecule has 1 amide bonds. The van der Waals surface area contributed by atoms with Crippen molar-refractivity contribution >= 4 is 21.6 Å². The number of benzene rings is 1. The van der Waals surface area contributed by atoms with Crippen LogP contribution in [0.15, 0.2) is 18.2 Å². The Bertz CT molecular complexity index is 597. The first kappa shape index (κ1) is 17.7. The normalized spacial score (nSPS) is 11.7. The minimum atomic E-state index is -3.26. The maximum Gasteiger partial charge on any atom is 0.225 e. The molecule has 0 fully saturated rings. The van der Waals surface area contributed by atoms with Gasteiger partial charge < -0.3 is 5.32 Å². The van der Waals surface area contributed by atoms with Gasteiger partial charge >= 0.3 is 0 Å². The highest BCUT2D eigenvalue weighted by atomic mass is 32.2. The highest BCUT2D eigenvalue weighted by Gasteiger charge is 2.17. The van der Waals surface area contributed by atoms with Gasteiger partial charge in [-0.1, -0.05) is 19.1 Å². The Balaban J connectivity index is 2.63. The van der Waals surface area contributed by atoms with Crippen molar-refractivity contribution < 1.29 is 13.2 Å². The Morgan fingerprint density at radius 1 is 1.24 bits per heavy atom. The molecule has 0 spiro atoms. The van der Waals surface area contributed by atoms with E-state index in [1.165, 1.54) is 10.6 Å². The van der Waals surface area contributed by atoms with E-state index >= 15 is 0 Å². The van der Waals surface area contributed by atoms with Gasteiger partial charge in [-0.2, -0.15) is 0 Å². The van der Waals surface area contributed by atoms with Crippen molar-refractivity contribution in [2.45, 2.75) is 33.6 Å². The number of sulfonamides is 1. The number of aryl methyl sites for hydroxylation is 1. The average molecular weight is 312 g/mol. The fourth-order valence-electron chi connectivity index (χ4n) is 2.02. The zero-order valence-corrected chi connectivity index (χ0v) is 14.0. The summed E-state index contributed by atoms with van der Waals surface area (Å²) < 4.78 is 24.5. The molecule has 0 aliphatic heterocycles. The lowest BCUT2D eigenvalue weighted by molar-refractivity contribution is -0.116. The summed E-state index contributed by atoms with van der Waals surface area (Å²) in [5.41, 5.74) is 2.91. The molecule has 0 aromatic heterocycles. The molecule has 118 valence electrons. The lowest BCUT2D eigenvalue weighted by Crippen LogP contribution is -2.33. The monoisotopic (exact) mass is 312 g/mol. The quantitative estimate of drug-likeness (QED) is 0.840. The van der Waals surface area contributed by atoms with E-state index in [1.807, 2.05) is 39.0 Å². The molecule has 0 unspecified atom stereocenters. The van der Waals surface area contributed by atoms with Crippen LogP contribution < -0.4 is 5.32 Å². The molecule has 1 aromatic carbocycles. The summed E-state index contributed by atoms with van der Waals surface area (Å²) in [5, 5.41) is 2.84. The van der Waals surface area contributed by atoms with Crippen molar-refractivity contribution in [2.24, 2.45) is 0 Å². The molecule has 0 saturated carbocycles. The van der Waals surface area contributed by atoms with E-state index in [1.54, 1.807) is 0 Å². The summed E-state index contributed by atoms with van der Waals surface area (Å²) in [7, 11) is -3.26. The molecular weight excluding hydrogens is 288 g/mol. The fourth-order valence-corrected chi connectivity index (χ4v) is 2.96. The van der Waals surface area contributed by atoms with Crippen molar-refractivity contribution in [3.8, 4) is 0 Å². The second-order valence-corrected chi connectivity index (χ2v) is 7.19. The molecule has 6 heteroatoms. The van der Waals surface area contributed by atoms with E-state index in [-0.39, 0.29) is 18.9 Å². The van der Waals surface area contributed by atoms with E-state index in [4.69, 9.17) is 0 Å². The number of nitrogens with one attached hydrogen (secondary N) is 1. The van der Waals surface area contributed by atoms with Crippen LogP contribution >= 0.6 is 0 Å². The topological polar surface area (TPSA) is 66.5 Å². The summed E-state index contributed by atoms with van der Waals surface area (Å²) >= 11 is 0. The van der Waals surface area contributed by atoms with E-state index in [9.17, 15) is 13.2 Å².